The van der Waals surface area contributed by atoms with Gasteiger partial charge in [-0.05, 0) is 44.4 Å². The van der Waals surface area contributed by atoms with Crippen LogP contribution in [0, 0.1) is 5.92 Å². The lowest BCUT2D eigenvalue weighted by molar-refractivity contribution is -0.0154. The fourth-order valence-corrected chi connectivity index (χ4v) is 3.48. The molecule has 0 saturated heterocycles. The van der Waals surface area contributed by atoms with Gasteiger partial charge in [0.05, 0.1) is 6.10 Å². The van der Waals surface area contributed by atoms with Crippen LogP contribution >= 0.6 is 0 Å². The van der Waals surface area contributed by atoms with Crippen molar-refractivity contribution in [1.82, 2.24) is 4.90 Å². The molecule has 2 rings (SSSR count). The van der Waals surface area contributed by atoms with E-state index in [1.54, 1.807) is 0 Å². The van der Waals surface area contributed by atoms with Crippen molar-refractivity contribution in [2.24, 2.45) is 11.7 Å². The standard InChI is InChI=1S/C15H30N2O/c1-12(2)10-17(13-4-5-13)15(11-16)8-6-14(18-3)7-9-15/h12-14H,4-11,16H2,1-3H3. The molecule has 2 aliphatic rings. The quantitative estimate of drug-likeness (QED) is 0.791. The van der Waals surface area contributed by atoms with Crippen LogP contribution in [0.3, 0.4) is 0 Å². The Balaban J connectivity index is 2.04. The Bertz CT molecular complexity index is 255. The molecule has 106 valence electrons. The Kier molecular flexibility index (Phi) is 4.68. The fraction of sp³-hybridized carbons (Fsp3) is 1.00. The Morgan fingerprint density at radius 3 is 2.22 bits per heavy atom. The zero-order chi connectivity index (χ0) is 13.2. The largest absolute Gasteiger partial charge is 0.381 e. The molecular weight excluding hydrogens is 224 g/mol. The van der Waals surface area contributed by atoms with Crippen molar-refractivity contribution in [1.29, 1.82) is 0 Å². The number of nitrogens with two attached hydrogens (primary N) is 1. The summed E-state index contributed by atoms with van der Waals surface area (Å²) in [4.78, 5) is 2.75. The molecule has 2 aliphatic carbocycles. The summed E-state index contributed by atoms with van der Waals surface area (Å²) in [5, 5.41) is 0. The van der Waals surface area contributed by atoms with Gasteiger partial charge in [-0.15, -0.1) is 0 Å². The first-order valence-corrected chi connectivity index (χ1v) is 7.61. The lowest BCUT2D eigenvalue weighted by Gasteiger charge is -2.48. The summed E-state index contributed by atoms with van der Waals surface area (Å²) >= 11 is 0. The Labute approximate surface area is 112 Å². The van der Waals surface area contributed by atoms with Crippen LogP contribution in [-0.2, 0) is 4.74 Å². The van der Waals surface area contributed by atoms with Crippen molar-refractivity contribution in [2.45, 2.75) is 70.1 Å². The van der Waals surface area contributed by atoms with Gasteiger partial charge in [0.15, 0.2) is 0 Å². The second-order valence-electron chi connectivity index (χ2n) is 6.64. The highest BCUT2D eigenvalue weighted by atomic mass is 16.5. The summed E-state index contributed by atoms with van der Waals surface area (Å²) in [7, 11) is 1.84. The van der Waals surface area contributed by atoms with Gasteiger partial charge in [-0.2, -0.15) is 0 Å². The van der Waals surface area contributed by atoms with Crippen LogP contribution in [0.15, 0.2) is 0 Å². The molecule has 0 aliphatic heterocycles. The molecule has 2 fully saturated rings. The fourth-order valence-electron chi connectivity index (χ4n) is 3.48. The van der Waals surface area contributed by atoms with Gasteiger partial charge < -0.3 is 10.5 Å². The van der Waals surface area contributed by atoms with Crippen LogP contribution in [0.4, 0.5) is 0 Å². The Hall–Kier alpha value is -0.120. The van der Waals surface area contributed by atoms with Crippen molar-refractivity contribution in [3.05, 3.63) is 0 Å². The van der Waals surface area contributed by atoms with E-state index in [-0.39, 0.29) is 5.54 Å². The van der Waals surface area contributed by atoms with Crippen LogP contribution in [0.2, 0.25) is 0 Å². The third-order valence-corrected chi connectivity index (χ3v) is 4.74. The molecular formula is C15H30N2O. The number of hydrogen-bond donors (Lipinski definition) is 1. The summed E-state index contributed by atoms with van der Waals surface area (Å²) in [5.74, 6) is 0.731. The van der Waals surface area contributed by atoms with Gasteiger partial charge in [-0.25, -0.2) is 0 Å². The van der Waals surface area contributed by atoms with Crippen LogP contribution in [0.1, 0.15) is 52.4 Å². The molecule has 0 unspecified atom stereocenters. The van der Waals surface area contributed by atoms with Crippen LogP contribution in [0.5, 0.6) is 0 Å². The molecule has 0 aromatic carbocycles. The van der Waals surface area contributed by atoms with Crippen molar-refractivity contribution in [3.8, 4) is 0 Å². The average Bonchev–Trinajstić information content (AvgIpc) is 3.20. The molecule has 0 radical (unpaired) electrons. The van der Waals surface area contributed by atoms with E-state index in [4.69, 9.17) is 10.5 Å². The topological polar surface area (TPSA) is 38.5 Å². The lowest BCUT2D eigenvalue weighted by Crippen LogP contribution is -2.58. The maximum Gasteiger partial charge on any atom is 0.0572 e. The molecule has 0 bridgehead atoms. The van der Waals surface area contributed by atoms with Gasteiger partial charge in [0, 0.05) is 31.8 Å². The highest BCUT2D eigenvalue weighted by Gasteiger charge is 2.45. The van der Waals surface area contributed by atoms with Crippen molar-refractivity contribution >= 4 is 0 Å². The summed E-state index contributed by atoms with van der Waals surface area (Å²) in [5.41, 5.74) is 6.45. The highest BCUT2D eigenvalue weighted by molar-refractivity contribution is 5.02. The highest BCUT2D eigenvalue weighted by Crippen LogP contribution is 2.41. The normalized spacial score (nSPS) is 33.3. The monoisotopic (exact) mass is 254 g/mol. The molecule has 3 heteroatoms. The molecule has 0 atom stereocenters. The summed E-state index contributed by atoms with van der Waals surface area (Å²) in [6.45, 7) is 6.66. The minimum absolute atomic E-state index is 0.264. The van der Waals surface area contributed by atoms with E-state index in [0.717, 1.165) is 18.5 Å². The summed E-state index contributed by atoms with van der Waals surface area (Å²) in [6, 6.07) is 0.815. The third kappa shape index (κ3) is 3.06. The Morgan fingerprint density at radius 1 is 1.22 bits per heavy atom. The first-order valence-electron chi connectivity index (χ1n) is 7.61. The molecule has 3 nitrogen and oxygen atoms in total. The number of ether oxygens (including phenoxy) is 1. The second kappa shape index (κ2) is 5.89. The Morgan fingerprint density at radius 2 is 1.83 bits per heavy atom. The van der Waals surface area contributed by atoms with Crippen molar-refractivity contribution in [3.63, 3.8) is 0 Å². The minimum atomic E-state index is 0.264. The first kappa shape index (κ1) is 14.3. The van der Waals surface area contributed by atoms with Gasteiger partial charge in [0.2, 0.25) is 0 Å². The maximum atomic E-state index is 6.18. The number of hydrogen-bond acceptors (Lipinski definition) is 3. The van der Waals surface area contributed by atoms with E-state index in [1.165, 1.54) is 45.1 Å². The van der Waals surface area contributed by atoms with Gasteiger partial charge in [0.25, 0.3) is 0 Å². The maximum absolute atomic E-state index is 6.18. The van der Waals surface area contributed by atoms with Crippen LogP contribution < -0.4 is 5.73 Å². The predicted molar refractivity (Wildman–Crippen MR) is 75.6 cm³/mol. The third-order valence-electron chi connectivity index (χ3n) is 4.74. The number of rotatable bonds is 6. The summed E-state index contributed by atoms with van der Waals surface area (Å²) in [6.07, 6.45) is 8.00. The molecule has 18 heavy (non-hydrogen) atoms. The van der Waals surface area contributed by atoms with E-state index < -0.39 is 0 Å². The zero-order valence-corrected chi connectivity index (χ0v) is 12.3. The minimum Gasteiger partial charge on any atom is -0.381 e. The molecule has 0 aromatic rings. The number of methoxy groups -OCH3 is 1. The van der Waals surface area contributed by atoms with Crippen LogP contribution in [-0.4, -0.2) is 42.8 Å². The first-order chi connectivity index (χ1) is 8.61. The second-order valence-corrected chi connectivity index (χ2v) is 6.64. The summed E-state index contributed by atoms with van der Waals surface area (Å²) < 4.78 is 5.51. The molecule has 2 saturated carbocycles. The molecule has 0 spiro atoms. The van der Waals surface area contributed by atoms with Gasteiger partial charge in [-0.1, -0.05) is 13.8 Å². The molecule has 0 heterocycles. The van der Waals surface area contributed by atoms with E-state index >= 15 is 0 Å². The van der Waals surface area contributed by atoms with E-state index in [9.17, 15) is 0 Å². The van der Waals surface area contributed by atoms with Gasteiger partial charge in [-0.3, -0.25) is 4.90 Å². The lowest BCUT2D eigenvalue weighted by atomic mass is 9.78. The van der Waals surface area contributed by atoms with Gasteiger partial charge >= 0.3 is 0 Å². The van der Waals surface area contributed by atoms with Crippen LogP contribution in [0.25, 0.3) is 0 Å². The van der Waals surface area contributed by atoms with Crippen molar-refractivity contribution < 1.29 is 4.74 Å². The SMILES string of the molecule is COC1CCC(CN)(N(CC(C)C)C2CC2)CC1. The smallest absolute Gasteiger partial charge is 0.0572 e. The predicted octanol–water partition coefficient (Wildman–Crippen LogP) is 2.39. The van der Waals surface area contributed by atoms with E-state index in [1.807, 2.05) is 7.11 Å². The number of nitrogens with zero attached hydrogens (tertiary/aromatic N) is 1. The van der Waals surface area contributed by atoms with E-state index in [0.29, 0.717) is 6.10 Å². The van der Waals surface area contributed by atoms with Gasteiger partial charge in [0.1, 0.15) is 0 Å². The molecule has 0 aromatic heterocycles. The molecule has 0 amide bonds. The zero-order valence-electron chi connectivity index (χ0n) is 12.3. The van der Waals surface area contributed by atoms with Crippen molar-refractivity contribution in [2.75, 3.05) is 20.2 Å². The average molecular weight is 254 g/mol. The molecule has 2 N–H and O–H groups in total. The van der Waals surface area contributed by atoms with E-state index in [2.05, 4.69) is 18.7 Å².